The average Bonchev–Trinajstić information content (AvgIpc) is 3.38. The van der Waals surface area contributed by atoms with E-state index in [9.17, 15) is 13.2 Å². The normalized spacial score (nSPS) is 17.8. The second-order valence-electron chi connectivity index (χ2n) is 9.68. The highest BCUT2D eigenvalue weighted by atomic mass is 32.2. The number of rotatable bonds is 11. The number of carbonyl (C=O) groups is 1. The predicted molar refractivity (Wildman–Crippen MR) is 145 cm³/mol. The fraction of sp³-hybridized carbons (Fsp3) is 0.464. The zero-order valence-corrected chi connectivity index (χ0v) is 24.2. The van der Waals surface area contributed by atoms with Gasteiger partial charge in [-0.05, 0) is 56.0 Å². The first-order valence-electron chi connectivity index (χ1n) is 13.4. The van der Waals surface area contributed by atoms with E-state index in [1.54, 1.807) is 37.4 Å². The van der Waals surface area contributed by atoms with Crippen LogP contribution in [0.25, 0.3) is 0 Å². The number of ether oxygens (including phenoxy) is 3. The summed E-state index contributed by atoms with van der Waals surface area (Å²) in [5.41, 5.74) is 1.45. The van der Waals surface area contributed by atoms with E-state index < -0.39 is 34.1 Å². The van der Waals surface area contributed by atoms with E-state index in [0.717, 1.165) is 0 Å². The molecule has 0 radical (unpaired) electrons. The maximum Gasteiger partial charge on any atom is 0.380 e. The number of hydrogen-bond acceptors (Lipinski definition) is 8. The summed E-state index contributed by atoms with van der Waals surface area (Å²) in [6, 6.07) is 10.9. The number of benzene rings is 2. The molecule has 41 heavy (non-hydrogen) atoms. The van der Waals surface area contributed by atoms with E-state index in [-0.39, 0.29) is 42.5 Å². The highest BCUT2D eigenvalue weighted by molar-refractivity contribution is 7.89. The Labute approximate surface area is 238 Å². The van der Waals surface area contributed by atoms with E-state index >= 15 is 8.78 Å². The van der Waals surface area contributed by atoms with Crippen LogP contribution >= 0.6 is 0 Å². The number of halogens is 2. The SMILES string of the molecule is CCOC(=O)C(F)(F)C(OCc1cn(CC)nn1)c1ccc(C)c(CN2C[C@@H](CC)Oc3ccccc3S2(=O)=O)c1. The molecule has 1 aromatic heterocycles. The summed E-state index contributed by atoms with van der Waals surface area (Å²) in [5, 5.41) is 7.81. The van der Waals surface area contributed by atoms with Gasteiger partial charge in [0, 0.05) is 13.1 Å². The molecule has 3 aromatic rings. The standard InChI is InChI=1S/C28H34F2N4O6S/c1-5-23-17-34(41(36,37)25-11-9-8-10-24(25)40-23)15-21-14-20(13-12-19(21)4)26(28(29,30)27(35)38-7-3)39-18-22-16-33(6-2)32-31-22/h8-14,16,23,26H,5-7,15,17-18H2,1-4H3/t23-,26?/m1/s1. The monoisotopic (exact) mass is 592 g/mol. The molecule has 2 atom stereocenters. The molecule has 0 saturated heterocycles. The van der Waals surface area contributed by atoms with Gasteiger partial charge < -0.3 is 14.2 Å². The average molecular weight is 593 g/mol. The molecular formula is C28H34F2N4O6S. The topological polar surface area (TPSA) is 113 Å². The lowest BCUT2D eigenvalue weighted by molar-refractivity contribution is -0.198. The summed E-state index contributed by atoms with van der Waals surface area (Å²) in [5.74, 6) is -5.49. The number of esters is 1. The molecule has 1 aliphatic heterocycles. The molecule has 0 N–H and O–H groups in total. The van der Waals surface area contributed by atoms with Crippen LogP contribution in [0, 0.1) is 6.92 Å². The molecule has 0 saturated carbocycles. The number of para-hydroxylation sites is 1. The molecule has 10 nitrogen and oxygen atoms in total. The molecule has 0 fully saturated rings. The molecule has 2 aromatic carbocycles. The Bertz CT molecular complexity index is 1480. The summed E-state index contributed by atoms with van der Waals surface area (Å²) >= 11 is 0. The Kier molecular flexibility index (Phi) is 9.40. The van der Waals surface area contributed by atoms with Crippen molar-refractivity contribution in [3.8, 4) is 5.75 Å². The van der Waals surface area contributed by atoms with Crippen LogP contribution < -0.4 is 4.74 Å². The first kappa shape index (κ1) is 30.5. The lowest BCUT2D eigenvalue weighted by Gasteiger charge is -2.27. The van der Waals surface area contributed by atoms with Crippen LogP contribution in [0.5, 0.6) is 5.75 Å². The third kappa shape index (κ3) is 6.57. The molecule has 1 aliphatic rings. The predicted octanol–water partition coefficient (Wildman–Crippen LogP) is 4.42. The Morgan fingerprint density at radius 2 is 1.95 bits per heavy atom. The molecular weight excluding hydrogens is 558 g/mol. The zero-order chi connectivity index (χ0) is 29.8. The highest BCUT2D eigenvalue weighted by Crippen LogP contribution is 2.38. The largest absolute Gasteiger partial charge is 0.488 e. The molecule has 1 unspecified atom stereocenters. The van der Waals surface area contributed by atoms with E-state index in [1.165, 1.54) is 34.1 Å². The Morgan fingerprint density at radius 1 is 1.20 bits per heavy atom. The Hall–Kier alpha value is -3.42. The minimum absolute atomic E-state index is 0.0116. The van der Waals surface area contributed by atoms with Gasteiger partial charge in [0.2, 0.25) is 10.0 Å². The van der Waals surface area contributed by atoms with E-state index in [4.69, 9.17) is 9.47 Å². The van der Waals surface area contributed by atoms with Crippen LogP contribution in [0.15, 0.2) is 53.6 Å². The van der Waals surface area contributed by atoms with Crippen LogP contribution in [-0.4, -0.2) is 58.9 Å². The fourth-order valence-electron chi connectivity index (χ4n) is 4.49. The number of aromatic nitrogens is 3. The summed E-state index contributed by atoms with van der Waals surface area (Å²) < 4.78 is 77.4. The van der Waals surface area contributed by atoms with Gasteiger partial charge in [-0.1, -0.05) is 42.5 Å². The lowest BCUT2D eigenvalue weighted by atomic mass is 9.97. The van der Waals surface area contributed by atoms with Crippen molar-refractivity contribution in [2.75, 3.05) is 13.2 Å². The van der Waals surface area contributed by atoms with Crippen LogP contribution in [-0.2, 0) is 44.0 Å². The van der Waals surface area contributed by atoms with Crippen molar-refractivity contribution in [1.82, 2.24) is 19.3 Å². The van der Waals surface area contributed by atoms with Crippen molar-refractivity contribution >= 4 is 16.0 Å². The van der Waals surface area contributed by atoms with Crippen molar-refractivity contribution in [2.24, 2.45) is 0 Å². The van der Waals surface area contributed by atoms with Gasteiger partial charge in [-0.15, -0.1) is 5.10 Å². The number of nitrogens with zero attached hydrogens (tertiary/aromatic N) is 4. The van der Waals surface area contributed by atoms with E-state index in [2.05, 4.69) is 15.0 Å². The van der Waals surface area contributed by atoms with Gasteiger partial charge in [0.05, 0.1) is 26.0 Å². The Balaban J connectivity index is 1.70. The zero-order valence-electron chi connectivity index (χ0n) is 23.4. The number of carbonyl (C=O) groups excluding carboxylic acids is 1. The number of hydrogen-bond donors (Lipinski definition) is 0. The Morgan fingerprint density at radius 3 is 2.63 bits per heavy atom. The first-order chi connectivity index (χ1) is 19.5. The molecule has 4 rings (SSSR count). The molecule has 2 heterocycles. The fourth-order valence-corrected chi connectivity index (χ4v) is 6.06. The van der Waals surface area contributed by atoms with Gasteiger partial charge in [-0.2, -0.15) is 13.1 Å². The molecule has 0 spiro atoms. The maximum absolute atomic E-state index is 15.5. The minimum atomic E-state index is -4.04. The van der Waals surface area contributed by atoms with Crippen LogP contribution in [0.3, 0.4) is 0 Å². The summed E-state index contributed by atoms with van der Waals surface area (Å²) in [6.45, 7) is 6.87. The van der Waals surface area contributed by atoms with Gasteiger partial charge >= 0.3 is 11.9 Å². The van der Waals surface area contributed by atoms with E-state index in [0.29, 0.717) is 29.8 Å². The highest BCUT2D eigenvalue weighted by Gasteiger charge is 2.51. The van der Waals surface area contributed by atoms with Gasteiger partial charge in [-0.25, -0.2) is 13.2 Å². The van der Waals surface area contributed by atoms with Crippen molar-refractivity contribution in [1.29, 1.82) is 0 Å². The summed E-state index contributed by atoms with van der Waals surface area (Å²) in [7, 11) is -3.97. The number of sulfonamides is 1. The van der Waals surface area contributed by atoms with Gasteiger partial charge in [0.15, 0.2) is 6.10 Å². The molecule has 0 aliphatic carbocycles. The third-order valence-corrected chi connectivity index (χ3v) is 8.68. The van der Waals surface area contributed by atoms with E-state index in [1.807, 2.05) is 13.8 Å². The van der Waals surface area contributed by atoms with Crippen molar-refractivity contribution in [3.63, 3.8) is 0 Å². The summed E-state index contributed by atoms with van der Waals surface area (Å²) in [4.78, 5) is 12.4. The lowest BCUT2D eigenvalue weighted by Crippen LogP contribution is -2.39. The van der Waals surface area contributed by atoms with Crippen molar-refractivity contribution < 1.29 is 36.2 Å². The van der Waals surface area contributed by atoms with Gasteiger partial charge in [0.25, 0.3) is 0 Å². The molecule has 0 bridgehead atoms. The van der Waals surface area contributed by atoms with Crippen LogP contribution in [0.4, 0.5) is 8.78 Å². The number of aryl methyl sites for hydroxylation is 2. The number of fused-ring (bicyclic) bond motifs is 1. The smallest absolute Gasteiger partial charge is 0.380 e. The number of alkyl halides is 2. The van der Waals surface area contributed by atoms with Gasteiger partial charge in [0.1, 0.15) is 22.4 Å². The van der Waals surface area contributed by atoms with Gasteiger partial charge in [-0.3, -0.25) is 4.68 Å². The summed E-state index contributed by atoms with van der Waals surface area (Å²) in [6.07, 6.45) is -0.309. The first-order valence-corrected chi connectivity index (χ1v) is 14.9. The minimum Gasteiger partial charge on any atom is -0.488 e. The molecule has 0 amide bonds. The second kappa shape index (κ2) is 12.6. The van der Waals surface area contributed by atoms with Crippen molar-refractivity contribution in [3.05, 3.63) is 71.0 Å². The molecule has 222 valence electrons. The molecule has 13 heteroatoms. The van der Waals surface area contributed by atoms with Crippen molar-refractivity contribution in [2.45, 2.75) is 76.8 Å². The maximum atomic E-state index is 15.5. The quantitative estimate of drug-likeness (QED) is 0.301. The third-order valence-electron chi connectivity index (χ3n) is 6.83. The van der Waals surface area contributed by atoms with Crippen LogP contribution in [0.2, 0.25) is 0 Å². The second-order valence-corrected chi connectivity index (χ2v) is 11.6. The van der Waals surface area contributed by atoms with Crippen LogP contribution in [0.1, 0.15) is 55.7 Å².